The molecule has 0 saturated heterocycles. The van der Waals surface area contributed by atoms with Crippen molar-refractivity contribution in [1.82, 2.24) is 18.5 Å². The molecule has 14 aromatic rings. The van der Waals surface area contributed by atoms with Crippen LogP contribution >= 0.6 is 0 Å². The number of hydrogen-bond donors (Lipinski definition) is 0. The van der Waals surface area contributed by atoms with Gasteiger partial charge in [-0.25, -0.2) is 4.98 Å². The molecule has 0 radical (unpaired) electrons. The number of fused-ring (bicyclic) bond motifs is 13. The predicted octanol–water partition coefficient (Wildman–Crippen LogP) is 16.4. The summed E-state index contributed by atoms with van der Waals surface area (Å²) >= 11 is 0. The fourth-order valence-corrected chi connectivity index (χ4v) is 11.2. The van der Waals surface area contributed by atoms with Crippen LogP contribution in [-0.4, -0.2) is 18.5 Å². The van der Waals surface area contributed by atoms with Crippen LogP contribution in [0.3, 0.4) is 0 Å². The van der Waals surface area contributed by atoms with Gasteiger partial charge >= 0.3 is 0 Å². The van der Waals surface area contributed by atoms with E-state index < -0.39 is 0 Å². The Kier molecular flexibility index (Phi) is 9.35. The maximum absolute atomic E-state index is 6.92. The molecule has 342 valence electrons. The lowest BCUT2D eigenvalue weighted by atomic mass is 9.88. The van der Waals surface area contributed by atoms with E-state index in [1.165, 1.54) is 27.3 Å². The van der Waals surface area contributed by atoms with Gasteiger partial charge in [-0.3, -0.25) is 13.4 Å². The molecule has 0 spiro atoms. The summed E-state index contributed by atoms with van der Waals surface area (Å²) < 4.78 is 16.2. The van der Waals surface area contributed by atoms with Gasteiger partial charge in [0, 0.05) is 39.5 Å². The van der Waals surface area contributed by atoms with Gasteiger partial charge < -0.3 is 9.30 Å². The SMILES string of the molecule is CC(C)(C)c1ccnc(-n2c3ccccc3c3ccc(Oc4cccc(-n5[c-][n+]6c7c(-c8ccccc8)cccc7c7c(-c8ccccc8)cccc7c7ccccc7n7c8ccccc8c5c76)c4)cc32)c1. The average molecular weight is 926 g/mol. The number of benzene rings is 9. The van der Waals surface area contributed by atoms with Crippen LogP contribution in [0.1, 0.15) is 26.3 Å². The first-order chi connectivity index (χ1) is 35.4. The second-order valence-electron chi connectivity index (χ2n) is 19.8. The maximum atomic E-state index is 6.92. The summed E-state index contributed by atoms with van der Waals surface area (Å²) in [6.07, 6.45) is 5.94. The molecule has 0 atom stereocenters. The van der Waals surface area contributed by atoms with Crippen LogP contribution < -0.4 is 9.14 Å². The summed E-state index contributed by atoms with van der Waals surface area (Å²) in [5.74, 6) is 2.33. The second-order valence-corrected chi connectivity index (χ2v) is 19.8. The van der Waals surface area contributed by atoms with E-state index in [2.05, 4.69) is 263 Å². The highest BCUT2D eigenvalue weighted by atomic mass is 16.5. The molecule has 0 aliphatic heterocycles. The summed E-state index contributed by atoms with van der Waals surface area (Å²) in [4.78, 5) is 4.92. The Balaban J connectivity index is 1.05. The summed E-state index contributed by atoms with van der Waals surface area (Å²) in [6.45, 7) is 6.72. The zero-order valence-corrected chi connectivity index (χ0v) is 40.1. The van der Waals surface area contributed by atoms with E-state index in [1.54, 1.807) is 0 Å². The molecule has 9 aromatic carbocycles. The third-order valence-corrected chi connectivity index (χ3v) is 14.5. The normalized spacial score (nSPS) is 12.1. The summed E-state index contributed by atoms with van der Waals surface area (Å²) in [5.41, 5.74) is 14.1. The molecule has 6 nitrogen and oxygen atoms in total. The Bertz CT molecular complexity index is 4520. The predicted molar refractivity (Wildman–Crippen MR) is 296 cm³/mol. The third-order valence-electron chi connectivity index (χ3n) is 14.5. The fraction of sp³-hybridized carbons (Fsp3) is 0.0606. The van der Waals surface area contributed by atoms with Crippen LogP contribution in [0.4, 0.5) is 0 Å². The first-order valence-electron chi connectivity index (χ1n) is 24.6. The monoisotopic (exact) mass is 925 g/mol. The Labute approximate surface area is 416 Å². The molecule has 0 saturated carbocycles. The fourth-order valence-electron chi connectivity index (χ4n) is 11.2. The van der Waals surface area contributed by atoms with E-state index in [9.17, 15) is 0 Å². The number of nitrogens with zero attached hydrogens (tertiary/aromatic N) is 5. The van der Waals surface area contributed by atoms with E-state index in [0.717, 1.165) is 94.2 Å². The van der Waals surface area contributed by atoms with Gasteiger partial charge in [0.05, 0.1) is 27.6 Å². The molecule has 0 amide bonds. The van der Waals surface area contributed by atoms with Gasteiger partial charge in [0.1, 0.15) is 22.8 Å². The van der Waals surface area contributed by atoms with Crippen molar-refractivity contribution in [2.45, 2.75) is 26.2 Å². The molecule has 0 bridgehead atoms. The second kappa shape index (κ2) is 16.2. The van der Waals surface area contributed by atoms with E-state index in [4.69, 9.17) is 9.72 Å². The number of para-hydroxylation sites is 4. The molecular weight excluding hydrogens is 879 g/mol. The highest BCUT2D eigenvalue weighted by Gasteiger charge is 2.24. The topological polar surface area (TPSA) is 40.5 Å². The van der Waals surface area contributed by atoms with Crippen LogP contribution in [0.5, 0.6) is 11.5 Å². The Morgan fingerprint density at radius 2 is 1.06 bits per heavy atom. The summed E-state index contributed by atoms with van der Waals surface area (Å²) in [5, 5.41) is 8.03. The molecule has 0 aliphatic rings. The first-order valence-corrected chi connectivity index (χ1v) is 24.6. The van der Waals surface area contributed by atoms with E-state index in [0.29, 0.717) is 5.75 Å². The van der Waals surface area contributed by atoms with Gasteiger partial charge in [-0.15, -0.1) is 0 Å². The molecule has 0 fully saturated rings. The van der Waals surface area contributed by atoms with E-state index >= 15 is 0 Å². The van der Waals surface area contributed by atoms with Gasteiger partial charge in [-0.2, -0.15) is 0 Å². The number of hydrogen-bond acceptors (Lipinski definition) is 2. The molecule has 0 aliphatic carbocycles. The molecule has 5 aromatic heterocycles. The standard InChI is InChI=1S/C66H47N5O/c1-66(2,3)45-37-38-67-61(39-45)70-57-32-13-10-25-51(57)53-36-35-48(41-60(53)70)72-47-24-16-23-46(40-47)68-42-69-63-50(44-21-8-5-9-22-44)29-18-31-56(63)62-49(43-19-6-4-7-20-43)28-17-30-54(62)52-26-11-14-33-58(52)71-59-34-15-12-27-55(59)64(68)65(69)71/h4-41H,1-3H3. The van der Waals surface area contributed by atoms with Crippen LogP contribution in [0.25, 0.3) is 110 Å². The van der Waals surface area contributed by atoms with Crippen LogP contribution in [0, 0.1) is 6.33 Å². The molecule has 0 N–H and O–H groups in total. The van der Waals surface area contributed by atoms with E-state index in [-0.39, 0.29) is 5.41 Å². The van der Waals surface area contributed by atoms with Gasteiger partial charge in [0.2, 0.25) is 0 Å². The molecule has 72 heavy (non-hydrogen) atoms. The highest BCUT2D eigenvalue weighted by molar-refractivity contribution is 6.21. The number of ether oxygens (including phenoxy) is 1. The van der Waals surface area contributed by atoms with Crippen molar-refractivity contribution in [3.8, 4) is 45.3 Å². The Hall–Kier alpha value is -9.26. The van der Waals surface area contributed by atoms with Gasteiger partial charge in [-0.05, 0) is 104 Å². The lowest BCUT2D eigenvalue weighted by Gasteiger charge is -2.20. The van der Waals surface area contributed by atoms with Crippen LogP contribution in [-0.2, 0) is 5.41 Å². The van der Waals surface area contributed by atoms with Crippen LogP contribution in [0.2, 0.25) is 0 Å². The summed E-state index contributed by atoms with van der Waals surface area (Å²) in [7, 11) is 0. The van der Waals surface area contributed by atoms with Crippen molar-refractivity contribution >= 4 is 76.5 Å². The smallest absolute Gasteiger partial charge is 0.198 e. The number of rotatable bonds is 6. The van der Waals surface area contributed by atoms with Gasteiger partial charge in [-0.1, -0.05) is 185 Å². The van der Waals surface area contributed by atoms with Crippen molar-refractivity contribution in [2.24, 2.45) is 0 Å². The van der Waals surface area contributed by atoms with Crippen molar-refractivity contribution in [1.29, 1.82) is 0 Å². The van der Waals surface area contributed by atoms with Crippen molar-refractivity contribution in [3.05, 3.63) is 243 Å². The van der Waals surface area contributed by atoms with Crippen molar-refractivity contribution in [2.75, 3.05) is 0 Å². The lowest BCUT2D eigenvalue weighted by Crippen LogP contribution is -2.22. The maximum Gasteiger partial charge on any atom is 0.198 e. The first kappa shape index (κ1) is 41.7. The Morgan fingerprint density at radius 1 is 0.472 bits per heavy atom. The molecule has 14 rings (SSSR count). The Morgan fingerprint density at radius 3 is 1.81 bits per heavy atom. The molecular formula is C66H47N5O. The average Bonchev–Trinajstić information content (AvgIpc) is 4.09. The third kappa shape index (κ3) is 6.49. The molecule has 0 unspecified atom stereocenters. The van der Waals surface area contributed by atoms with E-state index in [1.807, 2.05) is 12.3 Å². The minimum atomic E-state index is -0.0302. The van der Waals surface area contributed by atoms with Gasteiger partial charge in [0.25, 0.3) is 0 Å². The minimum absolute atomic E-state index is 0.0302. The highest BCUT2D eigenvalue weighted by Crippen LogP contribution is 2.41. The number of aromatic nitrogens is 5. The van der Waals surface area contributed by atoms with Crippen molar-refractivity contribution < 1.29 is 9.14 Å². The van der Waals surface area contributed by atoms with Gasteiger partial charge in [0.15, 0.2) is 12.0 Å². The molecule has 6 heteroatoms. The largest absolute Gasteiger partial charge is 0.458 e. The zero-order valence-electron chi connectivity index (χ0n) is 40.1. The quantitative estimate of drug-likeness (QED) is 0.123. The van der Waals surface area contributed by atoms with Crippen molar-refractivity contribution in [3.63, 3.8) is 0 Å². The molecule has 5 heterocycles. The van der Waals surface area contributed by atoms with Crippen LogP contribution in [0.15, 0.2) is 231 Å². The summed E-state index contributed by atoms with van der Waals surface area (Å²) in [6, 6.07) is 80.4. The number of pyridine rings is 1. The lowest BCUT2D eigenvalue weighted by molar-refractivity contribution is -0.488. The number of imidazole rings is 1. The zero-order chi connectivity index (χ0) is 48.1. The minimum Gasteiger partial charge on any atom is -0.458 e.